The molecule has 2 fully saturated rings. The van der Waals surface area contributed by atoms with Gasteiger partial charge in [-0.1, -0.05) is 31.2 Å². The SMILES string of the molecule is CC1CCC(Oc2ccc3ccc(CCCNC4CCC(C(=O)O)CC4)cc3c2C(F)(F)F)CC1. The third-order valence-electron chi connectivity index (χ3n) is 7.74. The molecule has 0 atom stereocenters. The third kappa shape index (κ3) is 6.69. The van der Waals surface area contributed by atoms with E-state index in [1.54, 1.807) is 18.2 Å². The van der Waals surface area contributed by atoms with Crippen molar-refractivity contribution >= 4 is 16.7 Å². The van der Waals surface area contributed by atoms with Gasteiger partial charge in [0, 0.05) is 6.04 Å². The van der Waals surface area contributed by atoms with Gasteiger partial charge in [-0.05, 0) is 99.1 Å². The molecule has 0 spiro atoms. The standard InChI is InChI=1S/C28H36F3NO3/c1-18-4-13-23(14-5-18)35-25-15-10-20-7-6-19(17-24(20)26(25)28(29,30)31)3-2-16-32-22-11-8-21(9-12-22)27(33)34/h6-7,10,15,17-18,21-23,32H,2-5,8-9,11-14,16H2,1H3,(H,33,34). The van der Waals surface area contributed by atoms with Gasteiger partial charge in [0.2, 0.25) is 0 Å². The molecular formula is C28H36F3NO3. The molecule has 0 heterocycles. The Labute approximate surface area is 205 Å². The number of nitrogens with one attached hydrogen (secondary N) is 1. The second kappa shape index (κ2) is 11.2. The summed E-state index contributed by atoms with van der Waals surface area (Å²) in [5.74, 6) is -0.394. The van der Waals surface area contributed by atoms with Crippen LogP contribution < -0.4 is 10.1 Å². The molecule has 0 unspecified atom stereocenters. The van der Waals surface area contributed by atoms with Crippen molar-refractivity contribution in [2.45, 2.75) is 89.5 Å². The van der Waals surface area contributed by atoms with E-state index >= 15 is 0 Å². The molecule has 0 aromatic heterocycles. The summed E-state index contributed by atoms with van der Waals surface area (Å²) in [6.07, 6.45) is 3.48. The lowest BCUT2D eigenvalue weighted by Gasteiger charge is -2.28. The number of aryl methyl sites for hydroxylation is 1. The topological polar surface area (TPSA) is 58.6 Å². The summed E-state index contributed by atoms with van der Waals surface area (Å²) in [7, 11) is 0. The summed E-state index contributed by atoms with van der Waals surface area (Å²) in [6, 6.07) is 8.87. The van der Waals surface area contributed by atoms with Crippen molar-refractivity contribution < 1.29 is 27.8 Å². The number of fused-ring (bicyclic) bond motifs is 1. The normalized spacial score (nSPS) is 25.5. The van der Waals surface area contributed by atoms with Gasteiger partial charge in [-0.25, -0.2) is 0 Å². The molecule has 4 nitrogen and oxygen atoms in total. The minimum absolute atomic E-state index is 0.0552. The summed E-state index contributed by atoms with van der Waals surface area (Å²) in [4.78, 5) is 11.1. The van der Waals surface area contributed by atoms with Gasteiger partial charge >= 0.3 is 12.1 Å². The van der Waals surface area contributed by atoms with E-state index in [2.05, 4.69) is 12.2 Å². The van der Waals surface area contributed by atoms with Gasteiger partial charge in [0.25, 0.3) is 0 Å². The predicted molar refractivity (Wildman–Crippen MR) is 131 cm³/mol. The lowest BCUT2D eigenvalue weighted by molar-refractivity contribution is -0.143. The van der Waals surface area contributed by atoms with Crippen LogP contribution in [-0.2, 0) is 17.4 Å². The van der Waals surface area contributed by atoms with E-state index in [0.717, 1.165) is 57.1 Å². The molecule has 192 valence electrons. The Morgan fingerprint density at radius 1 is 1.03 bits per heavy atom. The third-order valence-corrected chi connectivity index (χ3v) is 7.74. The van der Waals surface area contributed by atoms with E-state index in [-0.39, 0.29) is 23.2 Å². The van der Waals surface area contributed by atoms with Crippen LogP contribution in [0.1, 0.15) is 75.8 Å². The van der Waals surface area contributed by atoms with Crippen LogP contribution in [0.5, 0.6) is 5.75 Å². The zero-order valence-electron chi connectivity index (χ0n) is 20.4. The Hall–Kier alpha value is -2.28. The zero-order valence-corrected chi connectivity index (χ0v) is 20.4. The Bertz CT molecular complexity index is 1010. The number of carboxylic acid groups (broad SMARTS) is 1. The van der Waals surface area contributed by atoms with Crippen LogP contribution in [0.2, 0.25) is 0 Å². The van der Waals surface area contributed by atoms with Crippen LogP contribution >= 0.6 is 0 Å². The number of aliphatic carboxylic acids is 1. The second-order valence-corrected chi connectivity index (χ2v) is 10.4. The number of benzene rings is 2. The van der Waals surface area contributed by atoms with E-state index < -0.39 is 17.7 Å². The fourth-order valence-electron chi connectivity index (χ4n) is 5.56. The van der Waals surface area contributed by atoms with E-state index in [4.69, 9.17) is 9.84 Å². The highest BCUT2D eigenvalue weighted by Gasteiger charge is 2.37. The van der Waals surface area contributed by atoms with Gasteiger partial charge in [-0.3, -0.25) is 4.79 Å². The molecule has 2 aromatic rings. The van der Waals surface area contributed by atoms with Crippen molar-refractivity contribution in [2.24, 2.45) is 11.8 Å². The average Bonchev–Trinajstić information content (AvgIpc) is 2.82. The lowest BCUT2D eigenvalue weighted by atomic mass is 9.86. The molecule has 4 rings (SSSR count). The van der Waals surface area contributed by atoms with Crippen molar-refractivity contribution in [1.29, 1.82) is 0 Å². The zero-order chi connectivity index (χ0) is 25.0. The van der Waals surface area contributed by atoms with Gasteiger partial charge in [0.15, 0.2) is 0 Å². The molecule has 2 N–H and O–H groups in total. The van der Waals surface area contributed by atoms with Crippen LogP contribution in [0.4, 0.5) is 13.2 Å². The van der Waals surface area contributed by atoms with Gasteiger partial charge in [-0.15, -0.1) is 0 Å². The predicted octanol–water partition coefficient (Wildman–Crippen LogP) is 6.98. The second-order valence-electron chi connectivity index (χ2n) is 10.4. The van der Waals surface area contributed by atoms with Gasteiger partial charge in [-0.2, -0.15) is 13.2 Å². The van der Waals surface area contributed by atoms with Crippen molar-refractivity contribution in [3.63, 3.8) is 0 Å². The van der Waals surface area contributed by atoms with Crippen molar-refractivity contribution in [1.82, 2.24) is 5.32 Å². The maximum Gasteiger partial charge on any atom is 0.420 e. The highest BCUT2D eigenvalue weighted by Crippen LogP contribution is 2.43. The molecule has 0 bridgehead atoms. The highest BCUT2D eigenvalue weighted by molar-refractivity contribution is 5.89. The summed E-state index contributed by atoms with van der Waals surface area (Å²) in [5.41, 5.74) is 0.215. The number of halogens is 3. The Morgan fingerprint density at radius 3 is 2.37 bits per heavy atom. The molecular weight excluding hydrogens is 455 g/mol. The molecule has 2 aromatic carbocycles. The Balaban J connectivity index is 1.41. The quantitative estimate of drug-likeness (QED) is 0.391. The first-order valence-corrected chi connectivity index (χ1v) is 13.0. The lowest BCUT2D eigenvalue weighted by Crippen LogP contribution is -2.35. The molecule has 2 aliphatic rings. The van der Waals surface area contributed by atoms with Crippen LogP contribution in [0, 0.1) is 11.8 Å². The Kier molecular flexibility index (Phi) is 8.25. The van der Waals surface area contributed by atoms with Crippen molar-refractivity contribution in [2.75, 3.05) is 6.54 Å². The smallest absolute Gasteiger partial charge is 0.420 e. The van der Waals surface area contributed by atoms with Gasteiger partial charge in [0.1, 0.15) is 11.3 Å². The van der Waals surface area contributed by atoms with Crippen LogP contribution in [0.25, 0.3) is 10.8 Å². The van der Waals surface area contributed by atoms with E-state index in [0.29, 0.717) is 36.6 Å². The van der Waals surface area contributed by atoms with Crippen LogP contribution in [0.3, 0.4) is 0 Å². The van der Waals surface area contributed by atoms with Crippen molar-refractivity contribution in [3.05, 3.63) is 41.5 Å². The summed E-state index contributed by atoms with van der Waals surface area (Å²) < 4.78 is 48.5. The van der Waals surface area contributed by atoms with E-state index in [1.807, 2.05) is 6.07 Å². The molecule has 7 heteroatoms. The summed E-state index contributed by atoms with van der Waals surface area (Å²) >= 11 is 0. The fourth-order valence-corrected chi connectivity index (χ4v) is 5.56. The molecule has 2 aliphatic carbocycles. The number of alkyl halides is 3. The molecule has 0 aliphatic heterocycles. The van der Waals surface area contributed by atoms with Crippen LogP contribution in [0.15, 0.2) is 30.3 Å². The Morgan fingerprint density at radius 2 is 1.71 bits per heavy atom. The number of hydrogen-bond donors (Lipinski definition) is 2. The molecule has 0 radical (unpaired) electrons. The fraction of sp³-hybridized carbons (Fsp3) is 0.607. The van der Waals surface area contributed by atoms with Crippen LogP contribution in [-0.4, -0.2) is 29.8 Å². The maximum atomic E-state index is 14.2. The molecule has 0 saturated heterocycles. The summed E-state index contributed by atoms with van der Waals surface area (Å²) in [6.45, 7) is 2.93. The summed E-state index contributed by atoms with van der Waals surface area (Å²) in [5, 5.41) is 13.4. The largest absolute Gasteiger partial charge is 0.490 e. The first-order valence-electron chi connectivity index (χ1n) is 13.0. The molecule has 35 heavy (non-hydrogen) atoms. The number of carbonyl (C=O) groups is 1. The average molecular weight is 492 g/mol. The van der Waals surface area contributed by atoms with Gasteiger partial charge in [0.05, 0.1) is 12.0 Å². The number of rotatable bonds is 8. The highest BCUT2D eigenvalue weighted by atomic mass is 19.4. The number of carboxylic acids is 1. The van der Waals surface area contributed by atoms with E-state index in [1.165, 1.54) is 6.07 Å². The monoisotopic (exact) mass is 491 g/mol. The molecule has 0 amide bonds. The number of hydrogen-bond acceptors (Lipinski definition) is 3. The van der Waals surface area contributed by atoms with Gasteiger partial charge < -0.3 is 15.2 Å². The first-order chi connectivity index (χ1) is 16.7. The minimum Gasteiger partial charge on any atom is -0.490 e. The number of ether oxygens (including phenoxy) is 1. The van der Waals surface area contributed by atoms with Crippen molar-refractivity contribution in [3.8, 4) is 5.75 Å². The first kappa shape index (κ1) is 25.8. The van der Waals surface area contributed by atoms with E-state index in [9.17, 15) is 18.0 Å². The maximum absolute atomic E-state index is 14.2. The molecule has 2 saturated carbocycles. The minimum atomic E-state index is -4.49.